The third-order valence-corrected chi connectivity index (χ3v) is 7.36. The Hall–Kier alpha value is -3.79. The standard InChI is InChI=1S/C28H34N6O3/c1-16(2)28(23(13-29)26(30)37-27-25(28)17(3)32-33-27)21-9-18(8-20(10-21)15-35)6-7-19-11-22(12-19)31-14-24(36)34(4)5/h8-10,16,19,22,31,35H,11-12,14-15,30H2,1-5H3,(H,32,33). The van der Waals surface area contributed by atoms with Crippen LogP contribution in [-0.4, -0.2) is 52.8 Å². The molecule has 4 rings (SSSR count). The molecule has 1 amide bonds. The second-order valence-electron chi connectivity index (χ2n) is 10.3. The van der Waals surface area contributed by atoms with Gasteiger partial charge in [0.05, 0.1) is 24.1 Å². The van der Waals surface area contributed by atoms with Crippen LogP contribution >= 0.6 is 0 Å². The molecule has 1 aromatic heterocycles. The number of carbonyl (C=O) groups excluding carboxylic acids is 1. The maximum atomic E-state index is 11.8. The maximum Gasteiger partial charge on any atom is 0.244 e. The molecule has 2 aromatic rings. The number of hydrogen-bond acceptors (Lipinski definition) is 7. The van der Waals surface area contributed by atoms with Gasteiger partial charge in [-0.25, -0.2) is 0 Å². The highest BCUT2D eigenvalue weighted by molar-refractivity contribution is 5.77. The van der Waals surface area contributed by atoms with Crippen molar-refractivity contribution in [1.29, 1.82) is 5.26 Å². The molecule has 5 N–H and O–H groups in total. The normalized spacial score (nSPS) is 22.3. The Morgan fingerprint density at radius 2 is 2.11 bits per heavy atom. The highest BCUT2D eigenvalue weighted by Crippen LogP contribution is 2.52. The van der Waals surface area contributed by atoms with E-state index < -0.39 is 5.41 Å². The van der Waals surface area contributed by atoms with Crippen LogP contribution in [0.15, 0.2) is 29.7 Å². The van der Waals surface area contributed by atoms with Crippen LogP contribution in [-0.2, 0) is 16.8 Å². The van der Waals surface area contributed by atoms with E-state index in [0.717, 1.165) is 35.2 Å². The molecule has 1 saturated carbocycles. The molecular formula is C28H34N6O3. The van der Waals surface area contributed by atoms with Gasteiger partial charge in [0.2, 0.25) is 17.7 Å². The summed E-state index contributed by atoms with van der Waals surface area (Å²) in [5.74, 6) is 7.21. The number of carbonyl (C=O) groups is 1. The van der Waals surface area contributed by atoms with Gasteiger partial charge >= 0.3 is 0 Å². The third kappa shape index (κ3) is 4.69. The van der Waals surface area contributed by atoms with Crippen LogP contribution in [0.2, 0.25) is 0 Å². The Kier molecular flexibility index (Phi) is 7.31. The van der Waals surface area contributed by atoms with Gasteiger partial charge in [-0.15, -0.1) is 5.10 Å². The number of hydrogen-bond donors (Lipinski definition) is 4. The number of aromatic nitrogens is 2. The van der Waals surface area contributed by atoms with Gasteiger partial charge in [0, 0.05) is 37.3 Å². The van der Waals surface area contributed by atoms with Crippen LogP contribution in [0, 0.1) is 41.9 Å². The van der Waals surface area contributed by atoms with E-state index in [1.807, 2.05) is 39.0 Å². The van der Waals surface area contributed by atoms with Gasteiger partial charge in [-0.05, 0) is 48.9 Å². The minimum atomic E-state index is -0.921. The van der Waals surface area contributed by atoms with Crippen molar-refractivity contribution in [1.82, 2.24) is 20.4 Å². The van der Waals surface area contributed by atoms with Crippen molar-refractivity contribution >= 4 is 5.91 Å². The number of allylic oxidation sites excluding steroid dienone is 1. The summed E-state index contributed by atoms with van der Waals surface area (Å²) in [5.41, 5.74) is 9.45. The molecule has 37 heavy (non-hydrogen) atoms. The number of benzene rings is 1. The number of fused-ring (bicyclic) bond motifs is 1. The predicted octanol–water partition coefficient (Wildman–Crippen LogP) is 2.05. The number of aryl methyl sites for hydroxylation is 1. The second-order valence-corrected chi connectivity index (χ2v) is 10.3. The Morgan fingerprint density at radius 1 is 1.38 bits per heavy atom. The van der Waals surface area contributed by atoms with Gasteiger partial charge in [0.1, 0.15) is 11.6 Å². The molecule has 9 heteroatoms. The number of nitrogens with zero attached hydrogens (tertiary/aromatic N) is 3. The smallest absolute Gasteiger partial charge is 0.244 e. The molecule has 1 aromatic carbocycles. The van der Waals surface area contributed by atoms with E-state index in [1.165, 1.54) is 0 Å². The number of nitriles is 1. The van der Waals surface area contributed by atoms with Gasteiger partial charge in [-0.3, -0.25) is 9.89 Å². The average Bonchev–Trinajstić information content (AvgIpc) is 3.21. The minimum absolute atomic E-state index is 0.0259. The highest BCUT2D eigenvalue weighted by atomic mass is 16.5. The molecule has 0 bridgehead atoms. The summed E-state index contributed by atoms with van der Waals surface area (Å²) in [6, 6.07) is 8.33. The summed E-state index contributed by atoms with van der Waals surface area (Å²) in [6.45, 7) is 6.12. The summed E-state index contributed by atoms with van der Waals surface area (Å²) < 4.78 is 5.71. The van der Waals surface area contributed by atoms with Gasteiger partial charge in [0.15, 0.2) is 0 Å². The van der Waals surface area contributed by atoms with Gasteiger partial charge in [-0.2, -0.15) is 5.26 Å². The van der Waals surface area contributed by atoms with Crippen molar-refractivity contribution in [2.24, 2.45) is 17.6 Å². The monoisotopic (exact) mass is 502 g/mol. The topological polar surface area (TPSA) is 140 Å². The maximum absolute atomic E-state index is 11.8. The van der Waals surface area contributed by atoms with Crippen molar-refractivity contribution in [2.45, 2.75) is 51.7 Å². The fourth-order valence-corrected chi connectivity index (χ4v) is 5.32. The van der Waals surface area contributed by atoms with Crippen LogP contribution in [0.1, 0.15) is 54.6 Å². The minimum Gasteiger partial charge on any atom is -0.420 e. The molecule has 1 aliphatic heterocycles. The molecule has 1 unspecified atom stereocenters. The Morgan fingerprint density at radius 3 is 2.73 bits per heavy atom. The van der Waals surface area contributed by atoms with E-state index in [-0.39, 0.29) is 36.3 Å². The molecule has 0 spiro atoms. The lowest BCUT2D eigenvalue weighted by molar-refractivity contribution is -0.128. The zero-order chi connectivity index (χ0) is 26.9. The van der Waals surface area contributed by atoms with Gasteiger partial charge in [-0.1, -0.05) is 31.8 Å². The SMILES string of the molecule is Cc1[nH]nc2c1C(c1cc(C#CC3CC(NCC(=O)N(C)C)C3)cc(CO)c1)(C(C)C)C(C#N)=C(N)O2. The molecule has 1 aliphatic carbocycles. The van der Waals surface area contributed by atoms with Crippen LogP contribution in [0.25, 0.3) is 0 Å². The van der Waals surface area contributed by atoms with E-state index in [4.69, 9.17) is 10.5 Å². The first-order valence-electron chi connectivity index (χ1n) is 12.5. The van der Waals surface area contributed by atoms with Crippen LogP contribution < -0.4 is 15.8 Å². The van der Waals surface area contributed by atoms with Gasteiger partial charge < -0.3 is 25.8 Å². The highest BCUT2D eigenvalue weighted by Gasteiger charge is 2.50. The van der Waals surface area contributed by atoms with E-state index in [9.17, 15) is 15.2 Å². The molecule has 0 radical (unpaired) electrons. The van der Waals surface area contributed by atoms with E-state index in [1.54, 1.807) is 19.0 Å². The molecule has 2 aliphatic rings. The summed E-state index contributed by atoms with van der Waals surface area (Å²) in [5, 5.41) is 30.8. The lowest BCUT2D eigenvalue weighted by Crippen LogP contribution is -2.45. The summed E-state index contributed by atoms with van der Waals surface area (Å²) >= 11 is 0. The summed E-state index contributed by atoms with van der Waals surface area (Å²) in [6.07, 6.45) is 1.76. The van der Waals surface area contributed by atoms with Crippen molar-refractivity contribution in [3.05, 3.63) is 57.6 Å². The van der Waals surface area contributed by atoms with E-state index in [2.05, 4.69) is 33.4 Å². The van der Waals surface area contributed by atoms with Gasteiger partial charge in [0.25, 0.3) is 0 Å². The largest absolute Gasteiger partial charge is 0.420 e. The number of ether oxygens (including phenoxy) is 1. The molecule has 2 heterocycles. The summed E-state index contributed by atoms with van der Waals surface area (Å²) in [7, 11) is 3.49. The predicted molar refractivity (Wildman–Crippen MR) is 139 cm³/mol. The zero-order valence-corrected chi connectivity index (χ0v) is 22.0. The Labute approximate surface area is 217 Å². The Bertz CT molecular complexity index is 1330. The van der Waals surface area contributed by atoms with Crippen molar-refractivity contribution in [2.75, 3.05) is 20.6 Å². The summed E-state index contributed by atoms with van der Waals surface area (Å²) in [4.78, 5) is 13.4. The number of aliphatic hydroxyl groups is 1. The molecule has 9 nitrogen and oxygen atoms in total. The van der Waals surface area contributed by atoms with Crippen LogP contribution in [0.3, 0.4) is 0 Å². The lowest BCUT2D eigenvalue weighted by atomic mass is 9.61. The number of H-pyrrole nitrogens is 1. The number of nitrogens with two attached hydrogens (primary N) is 1. The van der Waals surface area contributed by atoms with Crippen LogP contribution in [0.5, 0.6) is 5.88 Å². The third-order valence-electron chi connectivity index (χ3n) is 7.36. The molecular weight excluding hydrogens is 468 g/mol. The number of amides is 1. The van der Waals surface area contributed by atoms with Crippen molar-refractivity contribution in [3.8, 4) is 23.8 Å². The fraction of sp³-hybridized carbons (Fsp3) is 0.464. The quantitative estimate of drug-likeness (QED) is 0.443. The van der Waals surface area contributed by atoms with Crippen molar-refractivity contribution < 1.29 is 14.6 Å². The molecule has 194 valence electrons. The second kappa shape index (κ2) is 10.3. The number of nitrogens with one attached hydrogen (secondary N) is 2. The molecule has 0 saturated heterocycles. The fourth-order valence-electron chi connectivity index (χ4n) is 5.32. The molecule has 1 atom stereocenters. The first kappa shape index (κ1) is 26.3. The number of aliphatic hydroxyl groups excluding tert-OH is 1. The van der Waals surface area contributed by atoms with E-state index in [0.29, 0.717) is 23.6 Å². The molecule has 1 fully saturated rings. The number of likely N-dealkylation sites (N-methyl/N-ethyl adjacent to an activating group) is 1. The number of aromatic amines is 1. The zero-order valence-electron chi connectivity index (χ0n) is 22.0. The first-order chi connectivity index (χ1) is 17.6. The van der Waals surface area contributed by atoms with E-state index >= 15 is 0 Å². The lowest BCUT2D eigenvalue weighted by Gasteiger charge is -2.41. The average molecular weight is 503 g/mol. The van der Waals surface area contributed by atoms with Crippen LogP contribution in [0.4, 0.5) is 0 Å². The number of rotatable bonds is 6. The Balaban J connectivity index is 1.68. The van der Waals surface area contributed by atoms with Crippen molar-refractivity contribution in [3.63, 3.8) is 0 Å². The first-order valence-corrected chi connectivity index (χ1v) is 12.5.